The lowest BCUT2D eigenvalue weighted by Gasteiger charge is -2.21. The fourth-order valence-electron chi connectivity index (χ4n) is 11.5. The first kappa shape index (κ1) is 44.4. The van der Waals surface area contributed by atoms with Crippen molar-refractivity contribution in [1.29, 1.82) is 0 Å². The Morgan fingerprint density at radius 1 is 0.276 bits per heavy atom. The zero-order valence-electron chi connectivity index (χ0n) is 41.3. The lowest BCUT2D eigenvalue weighted by atomic mass is 9.94. The van der Waals surface area contributed by atoms with Crippen molar-refractivity contribution in [3.63, 3.8) is 0 Å². The summed E-state index contributed by atoms with van der Waals surface area (Å²) in [6.45, 7) is 9.31. The number of hydrogen-bond acceptors (Lipinski definition) is 1. The number of hydrogen-bond donors (Lipinski definition) is 0. The summed E-state index contributed by atoms with van der Waals surface area (Å²) in [5, 5.41) is 4.48. The molecule has 0 amide bonds. The summed E-state index contributed by atoms with van der Waals surface area (Å²) in [5.74, 6) is 0. The minimum absolute atomic E-state index is 0.529. The van der Waals surface area contributed by atoms with Crippen LogP contribution >= 0.6 is 0 Å². The number of benzene rings is 11. The highest BCUT2D eigenvalue weighted by Crippen LogP contribution is 2.47. The molecule has 0 spiro atoms. The van der Waals surface area contributed by atoms with Crippen LogP contribution < -0.4 is 0 Å². The van der Waals surface area contributed by atoms with Gasteiger partial charge in [0.25, 0.3) is 0 Å². The van der Waals surface area contributed by atoms with Gasteiger partial charge in [0.1, 0.15) is 0 Å². The maximum atomic E-state index is 9.31. The predicted octanol–water partition coefficient (Wildman–Crippen LogP) is 19.5. The first-order valence-corrected chi connectivity index (χ1v) is 25.7. The van der Waals surface area contributed by atoms with Gasteiger partial charge in [0.2, 0.25) is 5.69 Å². The molecule has 11 aromatic carbocycles. The van der Waals surface area contributed by atoms with E-state index in [1.165, 1.54) is 5.56 Å². The molecule has 0 saturated carbocycles. The highest BCUT2D eigenvalue weighted by Gasteiger charge is 2.25. The molecule has 0 fully saturated rings. The molecule has 3 aromatic heterocycles. The Balaban J connectivity index is 1.10. The maximum absolute atomic E-state index is 9.31. The van der Waals surface area contributed by atoms with E-state index in [1.54, 1.807) is 0 Å². The Labute approximate surface area is 441 Å². The lowest BCUT2D eigenvalue weighted by Crippen LogP contribution is -2.05. The summed E-state index contributed by atoms with van der Waals surface area (Å²) < 4.78 is 4.78. The minimum Gasteiger partial charge on any atom is -0.317 e. The first-order chi connectivity index (χ1) is 37.7. The number of aromatic nitrogens is 3. The van der Waals surface area contributed by atoms with Crippen LogP contribution in [0.2, 0.25) is 0 Å². The second kappa shape index (κ2) is 18.6. The largest absolute Gasteiger partial charge is 0.317 e. The van der Waals surface area contributed by atoms with Gasteiger partial charge in [-0.2, -0.15) is 0 Å². The van der Waals surface area contributed by atoms with Crippen molar-refractivity contribution in [2.45, 2.75) is 0 Å². The lowest BCUT2D eigenvalue weighted by molar-refractivity contribution is 1.10. The SMILES string of the molecule is [C-]#[N+]c1cc(-c2cc(-c3ccccc3)nc(-c3ccccc3)c2)cc(-n2c3ccccc3c3ccc(-c4ccccc4-c4ccccc4)cc32)c1-n1c2ccccc2c2ccc(-c3ccccc3-c3ccccc3)cc21. The summed E-state index contributed by atoms with van der Waals surface area (Å²) in [4.78, 5) is 9.84. The number of para-hydroxylation sites is 2. The van der Waals surface area contributed by atoms with E-state index >= 15 is 0 Å². The van der Waals surface area contributed by atoms with Crippen molar-refractivity contribution < 1.29 is 0 Å². The second-order valence-corrected chi connectivity index (χ2v) is 19.3. The third-order valence-corrected chi connectivity index (χ3v) is 14.9. The van der Waals surface area contributed by atoms with Crippen LogP contribution in [0, 0.1) is 6.57 Å². The second-order valence-electron chi connectivity index (χ2n) is 19.3. The van der Waals surface area contributed by atoms with Crippen molar-refractivity contribution in [3.8, 4) is 89.5 Å². The standard InChI is InChI=1S/C72H46N4/c1-73-66-44-55(54-42-64(50-26-10-4-11-27-50)74-65(43-54)51-28-12-5-13-29-51)47-71(75-67-36-20-18-34-60(67)62-40-38-52(45-69(62)75)58-32-16-14-30-56(58)48-22-6-2-7-23-48)72(66)76-68-37-21-19-35-61(68)63-41-39-53(46-70(63)76)59-33-17-15-31-57(59)49-24-8-3-9-25-49/h2-47H. The summed E-state index contributed by atoms with van der Waals surface area (Å²) >= 11 is 0. The van der Waals surface area contributed by atoms with Crippen molar-refractivity contribution in [2.24, 2.45) is 0 Å². The van der Waals surface area contributed by atoms with E-state index < -0.39 is 0 Å². The normalized spacial score (nSPS) is 11.4. The van der Waals surface area contributed by atoms with Crippen molar-refractivity contribution in [1.82, 2.24) is 14.1 Å². The van der Waals surface area contributed by atoms with Gasteiger partial charge in [0.05, 0.1) is 51.4 Å². The molecule has 0 bridgehead atoms. The number of rotatable bonds is 9. The molecule has 0 atom stereocenters. The molecule has 354 valence electrons. The summed E-state index contributed by atoms with van der Waals surface area (Å²) in [5.41, 5.74) is 21.1. The zero-order chi connectivity index (χ0) is 50.5. The molecule has 0 aliphatic carbocycles. The fourth-order valence-corrected chi connectivity index (χ4v) is 11.5. The fraction of sp³-hybridized carbons (Fsp3) is 0. The Kier molecular flexibility index (Phi) is 10.9. The Morgan fingerprint density at radius 3 is 1.12 bits per heavy atom. The number of nitrogens with zero attached hydrogens (tertiary/aromatic N) is 4. The van der Waals surface area contributed by atoms with Crippen LogP contribution in [0.3, 0.4) is 0 Å². The van der Waals surface area contributed by atoms with Crippen LogP contribution in [0.1, 0.15) is 0 Å². The maximum Gasteiger partial charge on any atom is 0.213 e. The Bertz CT molecular complexity index is 4510. The molecule has 0 aliphatic rings. The Hall–Kier alpha value is -10.3. The molecule has 0 unspecified atom stereocenters. The van der Waals surface area contributed by atoms with Gasteiger partial charge in [-0.3, -0.25) is 0 Å². The van der Waals surface area contributed by atoms with E-state index in [1.807, 2.05) is 12.1 Å². The van der Waals surface area contributed by atoms with Crippen molar-refractivity contribution >= 4 is 49.3 Å². The van der Waals surface area contributed by atoms with Gasteiger partial charge in [-0.25, -0.2) is 9.83 Å². The molecule has 3 heterocycles. The molecule has 4 nitrogen and oxygen atoms in total. The van der Waals surface area contributed by atoms with Crippen LogP contribution in [-0.2, 0) is 0 Å². The molecular formula is C72H46N4. The number of pyridine rings is 1. The van der Waals surface area contributed by atoms with E-state index in [-0.39, 0.29) is 0 Å². The number of fused-ring (bicyclic) bond motifs is 6. The van der Waals surface area contributed by atoms with Crippen LogP contribution in [0.15, 0.2) is 279 Å². The monoisotopic (exact) mass is 966 g/mol. The van der Waals surface area contributed by atoms with Gasteiger partial charge < -0.3 is 9.13 Å². The molecule has 0 radical (unpaired) electrons. The van der Waals surface area contributed by atoms with Gasteiger partial charge in [0, 0.05) is 32.7 Å². The highest BCUT2D eigenvalue weighted by atomic mass is 15.1. The summed E-state index contributed by atoms with van der Waals surface area (Å²) in [6, 6.07) is 99.2. The van der Waals surface area contributed by atoms with Gasteiger partial charge in [-0.05, 0) is 104 Å². The minimum atomic E-state index is 0.529. The van der Waals surface area contributed by atoms with Gasteiger partial charge >= 0.3 is 0 Å². The molecule has 76 heavy (non-hydrogen) atoms. The molecule has 0 N–H and O–H groups in total. The predicted molar refractivity (Wildman–Crippen MR) is 317 cm³/mol. The van der Waals surface area contributed by atoms with Crippen molar-refractivity contribution in [3.05, 3.63) is 290 Å². The highest BCUT2D eigenvalue weighted by molar-refractivity contribution is 6.14. The molecular weight excluding hydrogens is 921 g/mol. The van der Waals surface area contributed by atoms with E-state index in [2.05, 4.69) is 281 Å². The van der Waals surface area contributed by atoms with Crippen LogP contribution in [0.4, 0.5) is 5.69 Å². The molecule has 14 rings (SSSR count). The van der Waals surface area contributed by atoms with Gasteiger partial charge in [-0.15, -0.1) is 0 Å². The average Bonchev–Trinajstić information content (AvgIpc) is 4.14. The smallest absolute Gasteiger partial charge is 0.213 e. The molecule has 0 saturated heterocycles. The van der Waals surface area contributed by atoms with E-state index in [4.69, 9.17) is 4.98 Å². The third kappa shape index (κ3) is 7.57. The molecule has 4 heteroatoms. The third-order valence-electron chi connectivity index (χ3n) is 14.9. The van der Waals surface area contributed by atoms with E-state index in [0.717, 1.165) is 128 Å². The van der Waals surface area contributed by atoms with Crippen LogP contribution in [0.5, 0.6) is 0 Å². The molecule has 14 aromatic rings. The van der Waals surface area contributed by atoms with E-state index in [0.29, 0.717) is 5.69 Å². The summed E-state index contributed by atoms with van der Waals surface area (Å²) in [6.07, 6.45) is 0. The topological polar surface area (TPSA) is 27.1 Å². The zero-order valence-corrected chi connectivity index (χ0v) is 41.3. The van der Waals surface area contributed by atoms with Crippen LogP contribution in [0.25, 0.3) is 138 Å². The summed E-state index contributed by atoms with van der Waals surface area (Å²) in [7, 11) is 0. The van der Waals surface area contributed by atoms with Gasteiger partial charge in [0.15, 0.2) is 0 Å². The average molecular weight is 967 g/mol. The first-order valence-electron chi connectivity index (χ1n) is 25.7. The van der Waals surface area contributed by atoms with Crippen molar-refractivity contribution in [2.75, 3.05) is 0 Å². The molecule has 0 aliphatic heterocycles. The van der Waals surface area contributed by atoms with Gasteiger partial charge in [-0.1, -0.05) is 231 Å². The van der Waals surface area contributed by atoms with Crippen LogP contribution in [-0.4, -0.2) is 14.1 Å². The quantitative estimate of drug-likeness (QED) is 0.132. The Morgan fingerprint density at radius 2 is 0.645 bits per heavy atom. The van der Waals surface area contributed by atoms with E-state index in [9.17, 15) is 6.57 Å².